The molecule has 3 N–H and O–H groups in total. The molecule has 2 aliphatic rings. The van der Waals surface area contributed by atoms with E-state index in [0.717, 1.165) is 18.8 Å². The average molecular weight is 264 g/mol. The lowest BCUT2D eigenvalue weighted by Gasteiger charge is -2.25. The largest absolute Gasteiger partial charge is 0.444 e. The van der Waals surface area contributed by atoms with Crippen LogP contribution in [0.5, 0.6) is 0 Å². The van der Waals surface area contributed by atoms with E-state index in [0.29, 0.717) is 23.6 Å². The number of carbonyl (C=O) groups is 1. The number of rotatable bonds is 1. The van der Waals surface area contributed by atoms with Gasteiger partial charge in [-0.2, -0.15) is 5.10 Å². The molecule has 104 valence electrons. The first kappa shape index (κ1) is 12.3. The maximum atomic E-state index is 11.9. The van der Waals surface area contributed by atoms with Crippen LogP contribution in [0.25, 0.3) is 0 Å². The number of carbonyl (C=O) groups excluding carboxylic acids is 1. The number of aromatic nitrogens is 2. The summed E-state index contributed by atoms with van der Waals surface area (Å²) in [5.41, 5.74) is 6.28. The molecule has 0 spiro atoms. The van der Waals surface area contributed by atoms with Crippen LogP contribution in [0.4, 0.5) is 10.6 Å². The lowest BCUT2D eigenvalue weighted by molar-refractivity contribution is 0.0271. The Morgan fingerprint density at radius 1 is 1.47 bits per heavy atom. The zero-order valence-corrected chi connectivity index (χ0v) is 11.5. The van der Waals surface area contributed by atoms with Crippen LogP contribution in [0.2, 0.25) is 0 Å². The maximum absolute atomic E-state index is 11.9. The van der Waals surface area contributed by atoms with Gasteiger partial charge < -0.3 is 15.4 Å². The fourth-order valence-corrected chi connectivity index (χ4v) is 2.99. The van der Waals surface area contributed by atoms with Crippen molar-refractivity contribution in [3.63, 3.8) is 0 Å². The highest BCUT2D eigenvalue weighted by Crippen LogP contribution is 2.57. The van der Waals surface area contributed by atoms with E-state index in [1.54, 1.807) is 4.90 Å². The zero-order chi connectivity index (χ0) is 13.8. The molecule has 2 unspecified atom stereocenters. The SMILES string of the molecule is CC(C)(C)OC(=O)N1CC2C(C1)C2c1cc(N)n[nH]1. The number of nitrogens with two attached hydrogens (primary N) is 1. The van der Waals surface area contributed by atoms with Gasteiger partial charge in [-0.15, -0.1) is 0 Å². The first-order valence-corrected chi connectivity index (χ1v) is 6.64. The number of likely N-dealkylation sites (tertiary alicyclic amines) is 1. The van der Waals surface area contributed by atoms with E-state index in [1.165, 1.54) is 0 Å². The maximum Gasteiger partial charge on any atom is 0.410 e. The molecule has 1 aromatic heterocycles. The number of fused-ring (bicyclic) bond motifs is 1. The van der Waals surface area contributed by atoms with Gasteiger partial charge in [0, 0.05) is 30.8 Å². The number of hydrogen-bond acceptors (Lipinski definition) is 4. The predicted octanol–water partition coefficient (Wildman–Crippen LogP) is 1.57. The molecule has 1 amide bonds. The first-order chi connectivity index (χ1) is 8.85. The molecular weight excluding hydrogens is 244 g/mol. The van der Waals surface area contributed by atoms with Gasteiger partial charge in [0.15, 0.2) is 0 Å². The molecule has 2 atom stereocenters. The van der Waals surface area contributed by atoms with Gasteiger partial charge in [-0.25, -0.2) is 4.79 Å². The Labute approximate surface area is 112 Å². The topological polar surface area (TPSA) is 84.2 Å². The molecule has 3 rings (SSSR count). The monoisotopic (exact) mass is 264 g/mol. The normalized spacial score (nSPS) is 29.2. The van der Waals surface area contributed by atoms with Crippen molar-refractivity contribution in [2.45, 2.75) is 32.3 Å². The number of hydrogen-bond donors (Lipinski definition) is 2. The van der Waals surface area contributed by atoms with Gasteiger partial charge in [-0.3, -0.25) is 5.10 Å². The van der Waals surface area contributed by atoms with Crippen molar-refractivity contribution >= 4 is 11.9 Å². The van der Waals surface area contributed by atoms with E-state index in [1.807, 2.05) is 26.8 Å². The van der Waals surface area contributed by atoms with Gasteiger partial charge in [0.05, 0.1) is 0 Å². The van der Waals surface area contributed by atoms with Crippen LogP contribution in [0, 0.1) is 11.8 Å². The van der Waals surface area contributed by atoms with Gasteiger partial charge in [0.1, 0.15) is 11.4 Å². The van der Waals surface area contributed by atoms with E-state index in [4.69, 9.17) is 10.5 Å². The molecule has 1 saturated heterocycles. The second-order valence-electron chi connectivity index (χ2n) is 6.49. The van der Waals surface area contributed by atoms with Gasteiger partial charge in [-0.05, 0) is 32.6 Å². The van der Waals surface area contributed by atoms with Crippen LogP contribution in [-0.4, -0.2) is 39.9 Å². The van der Waals surface area contributed by atoms with E-state index in [2.05, 4.69) is 10.2 Å². The average Bonchev–Trinajstić information content (AvgIpc) is 2.67. The molecule has 2 heterocycles. The van der Waals surface area contributed by atoms with Crippen molar-refractivity contribution < 1.29 is 9.53 Å². The van der Waals surface area contributed by atoms with Crippen LogP contribution in [0.1, 0.15) is 32.4 Å². The van der Waals surface area contributed by atoms with E-state index in [9.17, 15) is 4.79 Å². The minimum absolute atomic E-state index is 0.206. The highest BCUT2D eigenvalue weighted by atomic mass is 16.6. The lowest BCUT2D eigenvalue weighted by Crippen LogP contribution is -2.36. The minimum atomic E-state index is -0.429. The van der Waals surface area contributed by atoms with E-state index < -0.39 is 5.60 Å². The Balaban J connectivity index is 1.57. The van der Waals surface area contributed by atoms with Crippen LogP contribution in [0.15, 0.2) is 6.07 Å². The molecule has 2 fully saturated rings. The van der Waals surface area contributed by atoms with Crippen molar-refractivity contribution in [3.05, 3.63) is 11.8 Å². The Bertz CT molecular complexity index is 493. The minimum Gasteiger partial charge on any atom is -0.444 e. The third-order valence-electron chi connectivity index (χ3n) is 3.82. The number of aromatic amines is 1. The van der Waals surface area contributed by atoms with Crippen molar-refractivity contribution in [2.24, 2.45) is 11.8 Å². The van der Waals surface area contributed by atoms with Crippen LogP contribution in [0.3, 0.4) is 0 Å². The van der Waals surface area contributed by atoms with Gasteiger partial charge >= 0.3 is 6.09 Å². The summed E-state index contributed by atoms with van der Waals surface area (Å²) in [6.45, 7) is 7.19. The lowest BCUT2D eigenvalue weighted by atomic mass is 10.2. The number of amides is 1. The van der Waals surface area contributed by atoms with Gasteiger partial charge in [0.2, 0.25) is 0 Å². The summed E-state index contributed by atoms with van der Waals surface area (Å²) < 4.78 is 5.38. The smallest absolute Gasteiger partial charge is 0.410 e. The predicted molar refractivity (Wildman–Crippen MR) is 70.5 cm³/mol. The van der Waals surface area contributed by atoms with Crippen molar-refractivity contribution in [1.29, 1.82) is 0 Å². The molecule has 0 radical (unpaired) electrons. The quantitative estimate of drug-likeness (QED) is 0.806. The summed E-state index contributed by atoms with van der Waals surface area (Å²) in [4.78, 5) is 13.7. The van der Waals surface area contributed by atoms with Crippen molar-refractivity contribution in [2.75, 3.05) is 18.8 Å². The van der Waals surface area contributed by atoms with Crippen LogP contribution >= 0.6 is 0 Å². The molecule has 1 aliphatic heterocycles. The molecule has 0 aromatic carbocycles. The number of nitrogens with zero attached hydrogens (tertiary/aromatic N) is 2. The summed E-state index contributed by atoms with van der Waals surface area (Å²) in [5, 5.41) is 6.92. The molecule has 1 saturated carbocycles. The summed E-state index contributed by atoms with van der Waals surface area (Å²) >= 11 is 0. The highest BCUT2D eigenvalue weighted by Gasteiger charge is 2.58. The fraction of sp³-hybridized carbons (Fsp3) is 0.692. The Hall–Kier alpha value is -1.72. The number of ether oxygens (including phenoxy) is 1. The van der Waals surface area contributed by atoms with Crippen molar-refractivity contribution in [3.8, 4) is 0 Å². The molecule has 6 nitrogen and oxygen atoms in total. The summed E-state index contributed by atoms with van der Waals surface area (Å²) in [6, 6.07) is 1.89. The third kappa shape index (κ3) is 2.27. The number of piperidine rings is 1. The van der Waals surface area contributed by atoms with Crippen molar-refractivity contribution in [1.82, 2.24) is 15.1 Å². The summed E-state index contributed by atoms with van der Waals surface area (Å²) in [7, 11) is 0. The molecule has 1 aliphatic carbocycles. The Kier molecular flexibility index (Phi) is 2.52. The summed E-state index contributed by atoms with van der Waals surface area (Å²) in [6.07, 6.45) is -0.206. The standard InChI is InChI=1S/C13H20N4O2/c1-13(2,3)19-12(18)17-5-7-8(6-17)11(7)9-4-10(14)16-15-9/h4,7-8,11H,5-6H2,1-3H3,(H3,14,15,16). The number of H-pyrrole nitrogens is 1. The molecule has 1 aromatic rings. The molecule has 6 heteroatoms. The van der Waals surface area contributed by atoms with E-state index in [-0.39, 0.29) is 6.09 Å². The third-order valence-corrected chi connectivity index (χ3v) is 3.82. The van der Waals surface area contributed by atoms with Gasteiger partial charge in [0.25, 0.3) is 0 Å². The molecule has 19 heavy (non-hydrogen) atoms. The first-order valence-electron chi connectivity index (χ1n) is 6.64. The zero-order valence-electron chi connectivity index (χ0n) is 11.5. The molecule has 0 bridgehead atoms. The number of nitrogens with one attached hydrogen (secondary N) is 1. The second-order valence-corrected chi connectivity index (χ2v) is 6.49. The second kappa shape index (κ2) is 3.88. The number of nitrogen functional groups attached to an aromatic ring is 1. The highest BCUT2D eigenvalue weighted by molar-refractivity contribution is 5.69. The van der Waals surface area contributed by atoms with E-state index >= 15 is 0 Å². The fourth-order valence-electron chi connectivity index (χ4n) is 2.99. The summed E-state index contributed by atoms with van der Waals surface area (Å²) in [5.74, 6) is 2.05. The van der Waals surface area contributed by atoms with Crippen LogP contribution in [-0.2, 0) is 4.74 Å². The van der Waals surface area contributed by atoms with Gasteiger partial charge in [-0.1, -0.05) is 0 Å². The Morgan fingerprint density at radius 2 is 2.11 bits per heavy atom. The number of anilines is 1. The van der Waals surface area contributed by atoms with Crippen LogP contribution < -0.4 is 5.73 Å². The molecular formula is C13H20N4O2. The Morgan fingerprint density at radius 3 is 2.58 bits per heavy atom.